The first-order valence-electron chi connectivity index (χ1n) is 9.85. The molecule has 0 bridgehead atoms. The lowest BCUT2D eigenvalue weighted by Crippen LogP contribution is -2.42. The molecule has 1 amide bonds. The van der Waals surface area contributed by atoms with Gasteiger partial charge in [-0.15, -0.1) is 0 Å². The number of nitrogens with one attached hydrogen (secondary N) is 1. The zero-order valence-corrected chi connectivity index (χ0v) is 17.1. The third kappa shape index (κ3) is 5.76. The minimum Gasteiger partial charge on any atom is -0.444 e. The summed E-state index contributed by atoms with van der Waals surface area (Å²) in [5.74, 6) is -0.678. The molecular weight excluding hydrogens is 374 g/mol. The van der Waals surface area contributed by atoms with Gasteiger partial charge in [0, 0.05) is 25.6 Å². The first kappa shape index (κ1) is 21.2. The van der Waals surface area contributed by atoms with Crippen LogP contribution in [0.4, 0.5) is 13.6 Å². The summed E-state index contributed by atoms with van der Waals surface area (Å²) in [6, 6.07) is 14.0. The van der Waals surface area contributed by atoms with Gasteiger partial charge in [-0.3, -0.25) is 4.90 Å². The number of carbonyl (C=O) groups excluding carboxylic acids is 1. The lowest BCUT2D eigenvalue weighted by Gasteiger charge is -2.24. The van der Waals surface area contributed by atoms with Gasteiger partial charge in [0.25, 0.3) is 0 Å². The average Bonchev–Trinajstić information content (AvgIpc) is 3.03. The number of benzene rings is 2. The van der Waals surface area contributed by atoms with Crippen molar-refractivity contribution in [2.75, 3.05) is 13.1 Å². The molecule has 0 radical (unpaired) electrons. The topological polar surface area (TPSA) is 41.6 Å². The Labute approximate surface area is 170 Å². The molecule has 0 spiro atoms. The van der Waals surface area contributed by atoms with Gasteiger partial charge in [-0.2, -0.15) is 0 Å². The van der Waals surface area contributed by atoms with Gasteiger partial charge in [-0.05, 0) is 49.6 Å². The van der Waals surface area contributed by atoms with E-state index in [1.807, 2.05) is 30.3 Å². The Morgan fingerprint density at radius 3 is 2.52 bits per heavy atom. The van der Waals surface area contributed by atoms with E-state index >= 15 is 0 Å². The monoisotopic (exact) mass is 402 g/mol. The Morgan fingerprint density at radius 1 is 1.14 bits per heavy atom. The first-order chi connectivity index (χ1) is 13.7. The van der Waals surface area contributed by atoms with E-state index in [4.69, 9.17) is 4.74 Å². The lowest BCUT2D eigenvalue weighted by atomic mass is 9.92. The van der Waals surface area contributed by atoms with Crippen molar-refractivity contribution in [2.24, 2.45) is 0 Å². The van der Waals surface area contributed by atoms with Crippen LogP contribution in [-0.4, -0.2) is 35.7 Å². The summed E-state index contributed by atoms with van der Waals surface area (Å²) < 4.78 is 33.2. The van der Waals surface area contributed by atoms with E-state index in [0.717, 1.165) is 5.56 Å². The zero-order valence-electron chi connectivity index (χ0n) is 17.1. The van der Waals surface area contributed by atoms with Crippen molar-refractivity contribution in [3.63, 3.8) is 0 Å². The molecule has 2 aromatic carbocycles. The number of hydrogen-bond donors (Lipinski definition) is 1. The van der Waals surface area contributed by atoms with Crippen LogP contribution in [0, 0.1) is 5.82 Å². The van der Waals surface area contributed by atoms with Crippen molar-refractivity contribution >= 4 is 6.09 Å². The second-order valence-electron chi connectivity index (χ2n) is 8.53. The Hall–Kier alpha value is -2.47. The van der Waals surface area contributed by atoms with Gasteiger partial charge in [-0.25, -0.2) is 13.6 Å². The van der Waals surface area contributed by atoms with Gasteiger partial charge in [0.15, 0.2) is 0 Å². The van der Waals surface area contributed by atoms with Crippen molar-refractivity contribution in [3.8, 4) is 0 Å². The number of carbonyl (C=O) groups is 1. The molecular formula is C23H28F2N2O2. The van der Waals surface area contributed by atoms with Gasteiger partial charge >= 0.3 is 6.09 Å². The molecule has 2 atom stereocenters. The predicted octanol–water partition coefficient (Wildman–Crippen LogP) is 4.79. The average molecular weight is 402 g/mol. The molecule has 1 N–H and O–H groups in total. The number of likely N-dealkylation sites (tertiary alicyclic amines) is 1. The predicted molar refractivity (Wildman–Crippen MR) is 109 cm³/mol. The number of alkyl carbamates (subject to hydrolysis) is 1. The molecule has 0 aliphatic carbocycles. The third-order valence-corrected chi connectivity index (χ3v) is 4.96. The zero-order chi connectivity index (χ0) is 21.0. The van der Waals surface area contributed by atoms with Gasteiger partial charge < -0.3 is 10.1 Å². The Bertz CT molecular complexity index is 837. The highest BCUT2D eigenvalue weighted by Crippen LogP contribution is 2.31. The Morgan fingerprint density at radius 2 is 1.86 bits per heavy atom. The second kappa shape index (κ2) is 8.91. The van der Waals surface area contributed by atoms with Crippen LogP contribution in [0.3, 0.4) is 0 Å². The molecule has 1 saturated heterocycles. The normalized spacial score (nSPS) is 19.9. The number of amides is 1. The van der Waals surface area contributed by atoms with Crippen molar-refractivity contribution in [2.45, 2.75) is 51.6 Å². The SMILES string of the molecule is CC(C)(C)OC(=O)NC1CN(Cc2ccccc2)CC1c1cc(CF)ccc1F. The molecule has 6 heteroatoms. The number of nitrogens with zero attached hydrogens (tertiary/aromatic N) is 1. The van der Waals surface area contributed by atoms with Crippen molar-refractivity contribution < 1.29 is 18.3 Å². The molecule has 2 unspecified atom stereocenters. The van der Waals surface area contributed by atoms with E-state index < -0.39 is 18.4 Å². The van der Waals surface area contributed by atoms with Crippen LogP contribution in [0.1, 0.15) is 43.4 Å². The van der Waals surface area contributed by atoms with Crippen molar-refractivity contribution in [1.82, 2.24) is 10.2 Å². The van der Waals surface area contributed by atoms with Gasteiger partial charge in [0.1, 0.15) is 18.1 Å². The summed E-state index contributed by atoms with van der Waals surface area (Å²) in [4.78, 5) is 14.5. The van der Waals surface area contributed by atoms with E-state index in [2.05, 4.69) is 10.2 Å². The highest BCUT2D eigenvalue weighted by Gasteiger charge is 2.37. The molecule has 29 heavy (non-hydrogen) atoms. The number of rotatable bonds is 5. The largest absolute Gasteiger partial charge is 0.444 e. The Kier molecular flexibility index (Phi) is 6.52. The maximum atomic E-state index is 14.6. The molecule has 3 rings (SSSR count). The number of halogens is 2. The quantitative estimate of drug-likeness (QED) is 0.782. The molecule has 1 fully saturated rings. The second-order valence-corrected chi connectivity index (χ2v) is 8.53. The number of alkyl halides is 1. The minimum absolute atomic E-state index is 0.294. The fraction of sp³-hybridized carbons (Fsp3) is 0.435. The van der Waals surface area contributed by atoms with Crippen LogP contribution >= 0.6 is 0 Å². The van der Waals surface area contributed by atoms with E-state index in [-0.39, 0.29) is 17.8 Å². The molecule has 1 aliphatic rings. The molecule has 0 aromatic heterocycles. The van der Waals surface area contributed by atoms with Crippen LogP contribution in [-0.2, 0) is 18.0 Å². The third-order valence-electron chi connectivity index (χ3n) is 4.96. The van der Waals surface area contributed by atoms with Crippen molar-refractivity contribution in [3.05, 3.63) is 71.0 Å². The molecule has 4 nitrogen and oxygen atoms in total. The summed E-state index contributed by atoms with van der Waals surface area (Å²) in [5.41, 5.74) is 1.37. The summed E-state index contributed by atoms with van der Waals surface area (Å²) in [5, 5.41) is 2.90. The highest BCUT2D eigenvalue weighted by molar-refractivity contribution is 5.68. The molecule has 0 saturated carbocycles. The molecule has 1 aliphatic heterocycles. The van der Waals surface area contributed by atoms with Crippen LogP contribution in [0.2, 0.25) is 0 Å². The Balaban J connectivity index is 1.82. The van der Waals surface area contributed by atoms with Crippen LogP contribution in [0.5, 0.6) is 0 Å². The number of ether oxygens (including phenoxy) is 1. The first-order valence-corrected chi connectivity index (χ1v) is 9.85. The highest BCUT2D eigenvalue weighted by atomic mass is 19.1. The minimum atomic E-state index is -0.655. The van der Waals surface area contributed by atoms with E-state index in [9.17, 15) is 13.6 Å². The molecule has 2 aromatic rings. The van der Waals surface area contributed by atoms with E-state index in [0.29, 0.717) is 30.8 Å². The maximum Gasteiger partial charge on any atom is 0.407 e. The van der Waals surface area contributed by atoms with E-state index in [1.54, 1.807) is 26.8 Å². The number of hydrogen-bond acceptors (Lipinski definition) is 3. The fourth-order valence-corrected chi connectivity index (χ4v) is 3.74. The van der Waals surface area contributed by atoms with Gasteiger partial charge in [-0.1, -0.05) is 36.4 Å². The standard InChI is InChI=1S/C23H28F2N2O2/c1-23(2,3)29-22(28)26-21-15-27(13-16-7-5-4-6-8-16)14-19(21)18-11-17(12-24)9-10-20(18)25/h4-11,19,21H,12-15H2,1-3H3,(H,26,28). The van der Waals surface area contributed by atoms with Crippen molar-refractivity contribution in [1.29, 1.82) is 0 Å². The maximum absolute atomic E-state index is 14.6. The van der Waals surface area contributed by atoms with Gasteiger partial charge in [0.2, 0.25) is 0 Å². The van der Waals surface area contributed by atoms with Crippen LogP contribution in [0.25, 0.3) is 0 Å². The summed E-state index contributed by atoms with van der Waals surface area (Å²) in [7, 11) is 0. The fourth-order valence-electron chi connectivity index (χ4n) is 3.74. The molecule has 156 valence electrons. The summed E-state index contributed by atoms with van der Waals surface area (Å²) in [6.07, 6.45) is -0.531. The molecule has 1 heterocycles. The van der Waals surface area contributed by atoms with Crippen LogP contribution < -0.4 is 5.32 Å². The summed E-state index contributed by atoms with van der Waals surface area (Å²) >= 11 is 0. The van der Waals surface area contributed by atoms with Gasteiger partial charge in [0.05, 0.1) is 6.04 Å². The smallest absolute Gasteiger partial charge is 0.407 e. The van der Waals surface area contributed by atoms with E-state index in [1.165, 1.54) is 12.1 Å². The summed E-state index contributed by atoms with van der Waals surface area (Å²) in [6.45, 7) is 6.53. The van der Waals surface area contributed by atoms with Crippen LogP contribution in [0.15, 0.2) is 48.5 Å². The lowest BCUT2D eigenvalue weighted by molar-refractivity contribution is 0.0502.